The number of nitrogens with one attached hydrogen (secondary N) is 1. The number of thioether (sulfide) groups is 1. The highest BCUT2D eigenvalue weighted by molar-refractivity contribution is 7.98. The Balaban J connectivity index is 3.07. The molecule has 0 saturated heterocycles. The Kier molecular flexibility index (Phi) is 6.60. The number of rotatable bonds is 7. The lowest BCUT2D eigenvalue weighted by Crippen LogP contribution is -2.25. The molecule has 0 fully saturated rings. The first-order chi connectivity index (χ1) is 9.31. The van der Waals surface area contributed by atoms with E-state index in [4.69, 9.17) is 28.3 Å². The summed E-state index contributed by atoms with van der Waals surface area (Å²) in [6, 6.07) is 2.39. The van der Waals surface area contributed by atoms with Gasteiger partial charge in [0.25, 0.3) is 0 Å². The maximum atomic E-state index is 12.1. The van der Waals surface area contributed by atoms with Crippen molar-refractivity contribution in [2.45, 2.75) is 11.3 Å². The first-order valence-corrected chi connectivity index (χ1v) is 9.14. The highest BCUT2D eigenvalue weighted by Gasteiger charge is 2.24. The number of sulfonamides is 1. The summed E-state index contributed by atoms with van der Waals surface area (Å²) in [4.78, 5) is 10.7. The van der Waals surface area contributed by atoms with Crippen LogP contribution in [0.5, 0.6) is 0 Å². The van der Waals surface area contributed by atoms with Crippen LogP contribution in [0.15, 0.2) is 17.0 Å². The molecule has 1 aromatic carbocycles. The molecule has 0 bridgehead atoms. The number of hydrogen-bond acceptors (Lipinski definition) is 4. The molecule has 0 amide bonds. The van der Waals surface area contributed by atoms with Crippen LogP contribution in [0.2, 0.25) is 10.0 Å². The van der Waals surface area contributed by atoms with Gasteiger partial charge >= 0.3 is 5.97 Å². The Morgan fingerprint density at radius 1 is 1.40 bits per heavy atom. The zero-order valence-electron chi connectivity index (χ0n) is 10.5. The standard InChI is InChI=1S/C11H13Cl2NO4S2/c1-19-6-2-5-14-20(17,18)8-4-3-7(12)9(10(8)13)11(15)16/h3-4,14H,2,5-6H2,1H3,(H,15,16). The monoisotopic (exact) mass is 357 g/mol. The lowest BCUT2D eigenvalue weighted by atomic mass is 10.2. The summed E-state index contributed by atoms with van der Waals surface area (Å²) in [7, 11) is -3.86. The van der Waals surface area contributed by atoms with Gasteiger partial charge in [-0.1, -0.05) is 23.2 Å². The van der Waals surface area contributed by atoms with Crippen LogP contribution in [0.4, 0.5) is 0 Å². The zero-order chi connectivity index (χ0) is 15.3. The normalized spacial score (nSPS) is 11.6. The van der Waals surface area contributed by atoms with Gasteiger partial charge in [-0.3, -0.25) is 0 Å². The molecule has 1 aromatic rings. The largest absolute Gasteiger partial charge is 0.478 e. The maximum Gasteiger partial charge on any atom is 0.338 e. The van der Waals surface area contributed by atoms with E-state index in [0.717, 1.165) is 5.75 Å². The van der Waals surface area contributed by atoms with Crippen molar-refractivity contribution in [2.75, 3.05) is 18.6 Å². The minimum absolute atomic E-state index is 0.108. The van der Waals surface area contributed by atoms with Gasteiger partial charge in [-0.05, 0) is 30.6 Å². The molecule has 0 aromatic heterocycles. The fourth-order valence-corrected chi connectivity index (χ4v) is 3.86. The molecule has 0 radical (unpaired) electrons. The van der Waals surface area contributed by atoms with Gasteiger partial charge < -0.3 is 5.11 Å². The van der Waals surface area contributed by atoms with E-state index >= 15 is 0 Å². The van der Waals surface area contributed by atoms with Crippen LogP contribution < -0.4 is 4.72 Å². The summed E-state index contributed by atoms with van der Waals surface area (Å²) in [6.45, 7) is 0.254. The minimum atomic E-state index is -3.86. The maximum absolute atomic E-state index is 12.1. The van der Waals surface area contributed by atoms with Crippen molar-refractivity contribution in [3.8, 4) is 0 Å². The molecular weight excluding hydrogens is 345 g/mol. The van der Waals surface area contributed by atoms with Crippen molar-refractivity contribution in [1.82, 2.24) is 4.72 Å². The molecule has 20 heavy (non-hydrogen) atoms. The van der Waals surface area contributed by atoms with Crippen LogP contribution in [0.25, 0.3) is 0 Å². The van der Waals surface area contributed by atoms with Crippen LogP contribution in [0.1, 0.15) is 16.8 Å². The van der Waals surface area contributed by atoms with E-state index in [2.05, 4.69) is 4.72 Å². The van der Waals surface area contributed by atoms with Crippen LogP contribution in [-0.2, 0) is 10.0 Å². The van der Waals surface area contributed by atoms with E-state index in [-0.39, 0.29) is 21.5 Å². The number of carboxylic acids is 1. The second-order valence-corrected chi connectivity index (χ2v) is 7.29. The summed E-state index contributed by atoms with van der Waals surface area (Å²) < 4.78 is 26.5. The first kappa shape index (κ1) is 17.6. The van der Waals surface area contributed by atoms with Crippen LogP contribution >= 0.6 is 35.0 Å². The molecule has 0 atom stereocenters. The Bertz CT molecular complexity index is 605. The van der Waals surface area contributed by atoms with Crippen molar-refractivity contribution in [2.24, 2.45) is 0 Å². The molecule has 1 rings (SSSR count). The van der Waals surface area contributed by atoms with Gasteiger partial charge in [0.15, 0.2) is 0 Å². The lowest BCUT2D eigenvalue weighted by molar-refractivity contribution is 0.0697. The van der Waals surface area contributed by atoms with Crippen molar-refractivity contribution in [3.05, 3.63) is 27.7 Å². The van der Waals surface area contributed by atoms with Gasteiger partial charge in [0, 0.05) is 6.54 Å². The molecule has 0 unspecified atom stereocenters. The zero-order valence-corrected chi connectivity index (χ0v) is 13.7. The third kappa shape index (κ3) is 4.26. The Labute approximate surface area is 131 Å². The highest BCUT2D eigenvalue weighted by Crippen LogP contribution is 2.30. The van der Waals surface area contributed by atoms with E-state index in [1.165, 1.54) is 12.1 Å². The Hall–Kier alpha value is -0.470. The van der Waals surface area contributed by atoms with E-state index in [1.54, 1.807) is 11.8 Å². The number of halogens is 2. The number of carbonyl (C=O) groups is 1. The van der Waals surface area contributed by atoms with Crippen molar-refractivity contribution in [1.29, 1.82) is 0 Å². The molecule has 0 aliphatic heterocycles. The molecule has 2 N–H and O–H groups in total. The summed E-state index contributed by atoms with van der Waals surface area (Å²) in [5.41, 5.74) is -0.416. The van der Waals surface area contributed by atoms with Crippen molar-refractivity contribution in [3.63, 3.8) is 0 Å². The average molecular weight is 358 g/mol. The molecule has 0 saturated carbocycles. The third-order valence-corrected chi connectivity index (χ3v) is 5.40. The smallest absolute Gasteiger partial charge is 0.338 e. The van der Waals surface area contributed by atoms with E-state index < -0.39 is 21.6 Å². The Morgan fingerprint density at radius 2 is 2.05 bits per heavy atom. The van der Waals surface area contributed by atoms with Crippen molar-refractivity contribution >= 4 is 51.0 Å². The molecule has 0 heterocycles. The number of aromatic carboxylic acids is 1. The fourth-order valence-electron chi connectivity index (χ4n) is 1.44. The number of benzene rings is 1. The third-order valence-electron chi connectivity index (χ3n) is 2.38. The van der Waals surface area contributed by atoms with Gasteiger partial charge in [-0.2, -0.15) is 11.8 Å². The molecule has 112 valence electrons. The first-order valence-electron chi connectivity index (χ1n) is 5.51. The van der Waals surface area contributed by atoms with Gasteiger partial charge in [-0.15, -0.1) is 0 Å². The summed E-state index contributed by atoms with van der Waals surface area (Å²) in [5.74, 6) is -0.559. The molecule has 9 heteroatoms. The molecule has 0 aliphatic rings. The highest BCUT2D eigenvalue weighted by atomic mass is 35.5. The quantitative estimate of drug-likeness (QED) is 0.733. The Morgan fingerprint density at radius 3 is 2.60 bits per heavy atom. The second-order valence-electron chi connectivity index (χ2n) is 3.78. The molecule has 5 nitrogen and oxygen atoms in total. The van der Waals surface area contributed by atoms with Crippen LogP contribution in [0.3, 0.4) is 0 Å². The second kappa shape index (κ2) is 7.51. The minimum Gasteiger partial charge on any atom is -0.478 e. The van der Waals surface area contributed by atoms with E-state index in [1.807, 2.05) is 6.26 Å². The lowest BCUT2D eigenvalue weighted by Gasteiger charge is -2.10. The predicted molar refractivity (Wildman–Crippen MR) is 81.6 cm³/mol. The van der Waals surface area contributed by atoms with E-state index in [9.17, 15) is 13.2 Å². The number of hydrogen-bond donors (Lipinski definition) is 2. The van der Waals surface area contributed by atoms with Gasteiger partial charge in [0.05, 0.1) is 15.6 Å². The summed E-state index contributed by atoms with van der Waals surface area (Å²) in [6.07, 6.45) is 2.58. The fraction of sp³-hybridized carbons (Fsp3) is 0.364. The number of carboxylic acid groups (broad SMARTS) is 1. The summed E-state index contributed by atoms with van der Waals surface area (Å²) in [5, 5.41) is 8.50. The van der Waals surface area contributed by atoms with Crippen molar-refractivity contribution < 1.29 is 18.3 Å². The predicted octanol–water partition coefficient (Wildman–Crippen LogP) is 2.72. The SMILES string of the molecule is CSCCCNS(=O)(=O)c1ccc(Cl)c(C(=O)O)c1Cl. The van der Waals surface area contributed by atoms with E-state index in [0.29, 0.717) is 6.42 Å². The molecular formula is C11H13Cl2NO4S2. The summed E-state index contributed by atoms with van der Waals surface area (Å²) >= 11 is 13.2. The molecule has 0 aliphatic carbocycles. The molecule has 0 spiro atoms. The van der Waals surface area contributed by atoms with Gasteiger partial charge in [-0.25, -0.2) is 17.9 Å². The van der Waals surface area contributed by atoms with Gasteiger partial charge in [0.2, 0.25) is 10.0 Å². The average Bonchev–Trinajstić information content (AvgIpc) is 2.34. The van der Waals surface area contributed by atoms with Gasteiger partial charge in [0.1, 0.15) is 4.90 Å². The topological polar surface area (TPSA) is 83.5 Å². The van der Waals surface area contributed by atoms with Crippen LogP contribution in [0, 0.1) is 0 Å². The van der Waals surface area contributed by atoms with Crippen LogP contribution in [-0.4, -0.2) is 38.0 Å².